The van der Waals surface area contributed by atoms with Gasteiger partial charge in [0.05, 0.1) is 17.9 Å². The molecule has 27 heavy (non-hydrogen) atoms. The third-order valence-corrected chi connectivity index (χ3v) is 4.35. The molecular weight excluding hydrogens is 344 g/mol. The normalized spacial score (nSPS) is 12.1. The first-order valence-electron chi connectivity index (χ1n) is 8.88. The highest BCUT2D eigenvalue weighted by Gasteiger charge is 2.18. The summed E-state index contributed by atoms with van der Waals surface area (Å²) in [6.45, 7) is 2.14. The molecular formula is C20H22N4O3. The Morgan fingerprint density at radius 2 is 2.11 bits per heavy atom. The van der Waals surface area contributed by atoms with Gasteiger partial charge in [0.15, 0.2) is 5.58 Å². The monoisotopic (exact) mass is 366 g/mol. The van der Waals surface area contributed by atoms with E-state index in [0.29, 0.717) is 17.8 Å². The molecule has 3 aromatic heterocycles. The number of carbonyl (C=O) groups excluding carboxylic acids is 2. The first kappa shape index (κ1) is 18.7. The lowest BCUT2D eigenvalue weighted by molar-refractivity contribution is -0.125. The summed E-state index contributed by atoms with van der Waals surface area (Å²) < 4.78 is 5.84. The molecule has 0 radical (unpaired) electrons. The van der Waals surface area contributed by atoms with Gasteiger partial charge in [-0.25, -0.2) is 0 Å². The molecule has 2 amide bonds. The summed E-state index contributed by atoms with van der Waals surface area (Å²) in [4.78, 5) is 30.9. The number of aromatic nitrogens is 2. The largest absolute Gasteiger partial charge is 0.458 e. The molecule has 0 saturated heterocycles. The summed E-state index contributed by atoms with van der Waals surface area (Å²) in [5, 5.41) is 6.07. The van der Waals surface area contributed by atoms with Crippen molar-refractivity contribution < 1.29 is 14.0 Å². The summed E-state index contributed by atoms with van der Waals surface area (Å²) in [5.41, 5.74) is 3.60. The van der Waals surface area contributed by atoms with Crippen molar-refractivity contribution in [1.29, 1.82) is 0 Å². The number of rotatable bonds is 8. The number of carbonyl (C=O) groups is 2. The average Bonchev–Trinajstić information content (AvgIpc) is 3.10. The molecule has 0 saturated carbocycles. The number of furan rings is 1. The fourth-order valence-corrected chi connectivity index (χ4v) is 3.00. The van der Waals surface area contributed by atoms with Gasteiger partial charge in [0.25, 0.3) is 0 Å². The molecule has 0 fully saturated rings. The molecule has 3 heterocycles. The van der Waals surface area contributed by atoms with Gasteiger partial charge >= 0.3 is 0 Å². The predicted octanol–water partition coefficient (Wildman–Crippen LogP) is 2.77. The van der Waals surface area contributed by atoms with Gasteiger partial charge in [0.2, 0.25) is 12.3 Å². The van der Waals surface area contributed by atoms with Crippen molar-refractivity contribution in [1.82, 2.24) is 20.6 Å². The minimum Gasteiger partial charge on any atom is -0.458 e. The zero-order valence-corrected chi connectivity index (χ0v) is 15.4. The topological polar surface area (TPSA) is 97.1 Å². The number of amides is 2. The van der Waals surface area contributed by atoms with Gasteiger partial charge in [-0.1, -0.05) is 13.3 Å². The lowest BCUT2D eigenvalue weighted by atomic mass is 10.1. The number of imide groups is 1. The lowest BCUT2D eigenvalue weighted by Gasteiger charge is -2.11. The van der Waals surface area contributed by atoms with Gasteiger partial charge < -0.3 is 9.73 Å². The molecule has 0 aliphatic rings. The molecule has 1 atom stereocenters. The van der Waals surface area contributed by atoms with Gasteiger partial charge in [-0.2, -0.15) is 0 Å². The second kappa shape index (κ2) is 8.55. The van der Waals surface area contributed by atoms with Gasteiger partial charge in [0, 0.05) is 29.8 Å². The number of nitrogens with zero attached hydrogens (tertiary/aromatic N) is 2. The van der Waals surface area contributed by atoms with Crippen LogP contribution in [-0.2, 0) is 16.0 Å². The first-order chi connectivity index (χ1) is 13.1. The highest BCUT2D eigenvalue weighted by atomic mass is 16.3. The second-order valence-electron chi connectivity index (χ2n) is 6.32. The van der Waals surface area contributed by atoms with Crippen molar-refractivity contribution in [2.24, 2.45) is 0 Å². The van der Waals surface area contributed by atoms with Crippen LogP contribution in [0, 0.1) is 0 Å². The Bertz CT molecular complexity index is 951. The lowest BCUT2D eigenvalue weighted by Crippen LogP contribution is -2.27. The van der Waals surface area contributed by atoms with Crippen molar-refractivity contribution in [2.75, 3.05) is 7.05 Å². The van der Waals surface area contributed by atoms with E-state index < -0.39 is 0 Å². The Balaban J connectivity index is 1.89. The van der Waals surface area contributed by atoms with E-state index in [4.69, 9.17) is 4.42 Å². The maximum Gasteiger partial charge on any atom is 0.228 e. The van der Waals surface area contributed by atoms with E-state index in [1.807, 2.05) is 18.3 Å². The molecule has 2 N–H and O–H groups in total. The Morgan fingerprint density at radius 1 is 1.26 bits per heavy atom. The second-order valence-corrected chi connectivity index (χ2v) is 6.32. The third kappa shape index (κ3) is 4.38. The number of pyridine rings is 2. The Hall–Kier alpha value is -3.06. The molecule has 7 nitrogen and oxygen atoms in total. The number of aryl methyl sites for hydroxylation is 1. The quantitative estimate of drug-likeness (QED) is 0.595. The minimum atomic E-state index is -0.373. The van der Waals surface area contributed by atoms with E-state index in [9.17, 15) is 9.59 Å². The molecule has 0 bridgehead atoms. The summed E-state index contributed by atoms with van der Waals surface area (Å²) in [6, 6.07) is 5.61. The zero-order valence-electron chi connectivity index (χ0n) is 15.4. The van der Waals surface area contributed by atoms with Crippen LogP contribution in [0.2, 0.25) is 0 Å². The van der Waals surface area contributed by atoms with E-state index in [2.05, 4.69) is 33.6 Å². The fourth-order valence-electron chi connectivity index (χ4n) is 3.00. The van der Waals surface area contributed by atoms with Crippen molar-refractivity contribution in [2.45, 2.75) is 32.2 Å². The smallest absolute Gasteiger partial charge is 0.228 e. The molecule has 1 unspecified atom stereocenters. The summed E-state index contributed by atoms with van der Waals surface area (Å²) in [6.07, 6.45) is 7.87. The van der Waals surface area contributed by atoms with E-state index >= 15 is 0 Å². The molecule has 0 aromatic carbocycles. The van der Waals surface area contributed by atoms with E-state index in [1.54, 1.807) is 19.4 Å². The highest BCUT2D eigenvalue weighted by molar-refractivity contribution is 5.86. The maximum atomic E-state index is 11.7. The van der Waals surface area contributed by atoms with E-state index in [-0.39, 0.29) is 18.4 Å². The maximum absolute atomic E-state index is 11.7. The third-order valence-electron chi connectivity index (χ3n) is 4.35. The van der Waals surface area contributed by atoms with E-state index in [1.165, 1.54) is 5.56 Å². The number of fused-ring (bicyclic) bond motifs is 1. The number of nitrogens with one attached hydrogen (secondary N) is 2. The summed E-state index contributed by atoms with van der Waals surface area (Å²) >= 11 is 0. The molecule has 3 rings (SSSR count). The van der Waals surface area contributed by atoms with Crippen LogP contribution in [0.25, 0.3) is 22.2 Å². The molecule has 140 valence electrons. The molecule has 0 aliphatic heterocycles. The van der Waals surface area contributed by atoms with Crippen LogP contribution in [0.1, 0.15) is 37.1 Å². The van der Waals surface area contributed by atoms with Crippen LogP contribution in [0.15, 0.2) is 41.2 Å². The first-order valence-corrected chi connectivity index (χ1v) is 8.88. The Labute approximate surface area is 157 Å². The zero-order chi connectivity index (χ0) is 19.2. The summed E-state index contributed by atoms with van der Waals surface area (Å²) in [5.74, 6) is 0.243. The van der Waals surface area contributed by atoms with Crippen molar-refractivity contribution in [3.05, 3.63) is 48.1 Å². The SMILES string of the molecule is CCCc1cncc(-c2cc3cc(C(CC(=O)NC=O)NC)oc3cn2)c1. The molecule has 0 spiro atoms. The minimum absolute atomic E-state index is 0.0956. The van der Waals surface area contributed by atoms with Crippen molar-refractivity contribution >= 4 is 23.3 Å². The van der Waals surface area contributed by atoms with Crippen LogP contribution < -0.4 is 10.6 Å². The number of hydrogen-bond donors (Lipinski definition) is 2. The average molecular weight is 366 g/mol. The Morgan fingerprint density at radius 3 is 2.85 bits per heavy atom. The Kier molecular flexibility index (Phi) is 5.93. The standard InChI is InChI=1S/C20H22N4O3/c1-3-4-13-5-15(10-22-9-13)16-6-14-7-18(27-19(14)11-23-16)17(21-2)8-20(26)24-12-25/h5-7,9-12,17,21H,3-4,8H2,1-2H3,(H,24,25,26). The van der Waals surface area contributed by atoms with Crippen LogP contribution in [0.5, 0.6) is 0 Å². The summed E-state index contributed by atoms with van der Waals surface area (Å²) in [7, 11) is 1.74. The molecule has 0 aliphatic carbocycles. The van der Waals surface area contributed by atoms with Crippen LogP contribution in [0.4, 0.5) is 0 Å². The van der Waals surface area contributed by atoms with E-state index in [0.717, 1.165) is 29.5 Å². The fraction of sp³-hybridized carbons (Fsp3) is 0.300. The van der Waals surface area contributed by atoms with Gasteiger partial charge in [-0.3, -0.25) is 24.9 Å². The van der Waals surface area contributed by atoms with Gasteiger partial charge in [-0.05, 0) is 37.2 Å². The predicted molar refractivity (Wildman–Crippen MR) is 102 cm³/mol. The van der Waals surface area contributed by atoms with Crippen molar-refractivity contribution in [3.63, 3.8) is 0 Å². The van der Waals surface area contributed by atoms with Crippen LogP contribution >= 0.6 is 0 Å². The number of hydrogen-bond acceptors (Lipinski definition) is 6. The molecule has 3 aromatic rings. The molecule has 7 heteroatoms. The van der Waals surface area contributed by atoms with Gasteiger partial charge in [0.1, 0.15) is 5.76 Å². The van der Waals surface area contributed by atoms with Gasteiger partial charge in [-0.15, -0.1) is 0 Å². The van der Waals surface area contributed by atoms with Crippen molar-refractivity contribution in [3.8, 4) is 11.3 Å². The van der Waals surface area contributed by atoms with Crippen LogP contribution in [-0.4, -0.2) is 29.3 Å². The van der Waals surface area contributed by atoms with Crippen LogP contribution in [0.3, 0.4) is 0 Å². The highest BCUT2D eigenvalue weighted by Crippen LogP contribution is 2.28.